The van der Waals surface area contributed by atoms with E-state index < -0.39 is 0 Å². The molecule has 1 aromatic heterocycles. The second-order valence-electron chi connectivity index (χ2n) is 8.48. The quantitative estimate of drug-likeness (QED) is 0.823. The number of nitrogens with zero attached hydrogens (tertiary/aromatic N) is 3. The van der Waals surface area contributed by atoms with Gasteiger partial charge in [-0.3, -0.25) is 9.69 Å². The van der Waals surface area contributed by atoms with Crippen LogP contribution in [-0.2, 0) is 11.3 Å². The third kappa shape index (κ3) is 3.53. The molecule has 3 heterocycles. The van der Waals surface area contributed by atoms with Gasteiger partial charge >= 0.3 is 0 Å². The number of hydrogen-bond acceptors (Lipinski definition) is 4. The Hall–Kier alpha value is -2.14. The lowest BCUT2D eigenvalue weighted by Gasteiger charge is -2.41. The minimum atomic E-state index is -0.192. The lowest BCUT2D eigenvalue weighted by molar-refractivity contribution is -0.147. The second kappa shape index (κ2) is 7.12. The van der Waals surface area contributed by atoms with Crippen LogP contribution in [-0.4, -0.2) is 46.5 Å². The molecule has 2 saturated heterocycles. The summed E-state index contributed by atoms with van der Waals surface area (Å²) < 4.78 is 5.59. The highest BCUT2D eigenvalue weighted by Crippen LogP contribution is 2.41. The van der Waals surface area contributed by atoms with Gasteiger partial charge in [-0.25, -0.2) is 0 Å². The summed E-state index contributed by atoms with van der Waals surface area (Å²) in [5.41, 5.74) is 2.99. The predicted molar refractivity (Wildman–Crippen MR) is 105 cm³/mol. The van der Waals surface area contributed by atoms with Crippen LogP contribution in [0.1, 0.15) is 44.4 Å². The van der Waals surface area contributed by atoms with E-state index in [2.05, 4.69) is 60.0 Å². The zero-order valence-corrected chi connectivity index (χ0v) is 16.6. The van der Waals surface area contributed by atoms with Crippen LogP contribution in [0, 0.1) is 12.3 Å². The van der Waals surface area contributed by atoms with Gasteiger partial charge < -0.3 is 9.42 Å². The molecule has 0 bridgehead atoms. The van der Waals surface area contributed by atoms with Crippen molar-refractivity contribution >= 4 is 5.91 Å². The van der Waals surface area contributed by atoms with Gasteiger partial charge in [0.25, 0.3) is 0 Å². The molecule has 144 valence electrons. The molecule has 1 atom stereocenters. The molecular weight excluding hydrogens is 338 g/mol. The van der Waals surface area contributed by atoms with E-state index >= 15 is 0 Å². The number of carbonyl (C=O) groups excluding carboxylic acids is 1. The van der Waals surface area contributed by atoms with Gasteiger partial charge in [0, 0.05) is 30.8 Å². The number of amides is 1. The molecule has 4 rings (SSSR count). The molecule has 5 nitrogen and oxygen atoms in total. The monoisotopic (exact) mass is 367 g/mol. The largest absolute Gasteiger partial charge is 0.359 e. The summed E-state index contributed by atoms with van der Waals surface area (Å²) in [7, 11) is 0. The molecule has 1 aromatic carbocycles. The molecule has 2 aromatic rings. The van der Waals surface area contributed by atoms with E-state index in [0.717, 1.165) is 62.5 Å². The molecule has 0 saturated carbocycles. The average Bonchev–Trinajstić information content (AvgIpc) is 3.26. The molecule has 2 aliphatic rings. The van der Waals surface area contributed by atoms with E-state index in [4.69, 9.17) is 4.52 Å². The van der Waals surface area contributed by atoms with Gasteiger partial charge in [-0.1, -0.05) is 35.0 Å². The van der Waals surface area contributed by atoms with E-state index in [1.807, 2.05) is 6.07 Å². The van der Waals surface area contributed by atoms with E-state index in [1.54, 1.807) is 0 Å². The number of rotatable bonds is 4. The molecule has 1 amide bonds. The van der Waals surface area contributed by atoms with Crippen LogP contribution in [0.5, 0.6) is 0 Å². The molecule has 0 aliphatic carbocycles. The maximum Gasteiger partial charge on any atom is 0.230 e. The summed E-state index contributed by atoms with van der Waals surface area (Å²) in [5.74, 6) is 1.22. The van der Waals surface area contributed by atoms with Crippen LogP contribution < -0.4 is 0 Å². The van der Waals surface area contributed by atoms with Crippen LogP contribution in [0.3, 0.4) is 0 Å². The van der Waals surface area contributed by atoms with Crippen molar-refractivity contribution in [2.75, 3.05) is 19.6 Å². The second-order valence-corrected chi connectivity index (χ2v) is 8.48. The number of hydrogen-bond donors (Lipinski definition) is 0. The highest BCUT2D eigenvalue weighted by atomic mass is 16.5. The standard InChI is InChI=1S/C22H29N3O2/c1-16(2)25-11-4-9-22(21(25)26)10-12-24(15-22)14-19-13-20(23-27-19)18-7-5-17(3)6-8-18/h5-8,13,16H,4,9-12,14-15H2,1-3H3/t22-/m0/s1. The first-order chi connectivity index (χ1) is 13.0. The lowest BCUT2D eigenvalue weighted by atomic mass is 9.78. The maximum absolute atomic E-state index is 13.1. The van der Waals surface area contributed by atoms with Crippen molar-refractivity contribution in [3.05, 3.63) is 41.7 Å². The molecule has 0 unspecified atom stereocenters. The van der Waals surface area contributed by atoms with Crippen LogP contribution in [0.15, 0.2) is 34.9 Å². The normalized spacial score (nSPS) is 23.7. The number of carbonyl (C=O) groups is 1. The molecule has 27 heavy (non-hydrogen) atoms. The van der Waals surface area contributed by atoms with Crippen molar-refractivity contribution in [1.29, 1.82) is 0 Å². The first-order valence-corrected chi connectivity index (χ1v) is 10.0. The maximum atomic E-state index is 13.1. The third-order valence-electron chi connectivity index (χ3n) is 6.11. The van der Waals surface area contributed by atoms with Crippen LogP contribution in [0.4, 0.5) is 0 Å². The Bertz CT molecular complexity index is 811. The van der Waals surface area contributed by atoms with Crippen molar-refractivity contribution in [3.63, 3.8) is 0 Å². The van der Waals surface area contributed by atoms with Crippen LogP contribution in [0.25, 0.3) is 11.3 Å². The highest BCUT2D eigenvalue weighted by Gasteiger charge is 2.48. The van der Waals surface area contributed by atoms with Crippen molar-refractivity contribution in [2.45, 2.75) is 52.6 Å². The van der Waals surface area contributed by atoms with E-state index in [9.17, 15) is 4.79 Å². The molecule has 2 fully saturated rings. The Morgan fingerprint density at radius 3 is 2.70 bits per heavy atom. The topological polar surface area (TPSA) is 49.6 Å². The van der Waals surface area contributed by atoms with Crippen molar-refractivity contribution < 1.29 is 9.32 Å². The fraction of sp³-hybridized carbons (Fsp3) is 0.545. The number of aromatic nitrogens is 1. The van der Waals surface area contributed by atoms with Gasteiger partial charge in [-0.05, 0) is 46.6 Å². The summed E-state index contributed by atoms with van der Waals surface area (Å²) in [6.07, 6.45) is 3.07. The summed E-state index contributed by atoms with van der Waals surface area (Å²) in [4.78, 5) is 17.5. The number of likely N-dealkylation sites (tertiary alicyclic amines) is 2. The molecule has 1 spiro atoms. The Balaban J connectivity index is 1.43. The van der Waals surface area contributed by atoms with Crippen LogP contribution in [0.2, 0.25) is 0 Å². The lowest BCUT2D eigenvalue weighted by Crippen LogP contribution is -2.52. The Labute approximate surface area is 161 Å². The smallest absolute Gasteiger partial charge is 0.230 e. The first-order valence-electron chi connectivity index (χ1n) is 10.0. The Morgan fingerprint density at radius 1 is 1.19 bits per heavy atom. The average molecular weight is 367 g/mol. The SMILES string of the molecule is Cc1ccc(-c2cc(CN3CC[C@@]4(CCCN(C(C)C)C4=O)C3)on2)cc1. The molecular formula is C22H29N3O2. The van der Waals surface area contributed by atoms with Gasteiger partial charge in [-0.15, -0.1) is 0 Å². The minimum absolute atomic E-state index is 0.192. The Kier molecular flexibility index (Phi) is 4.81. The predicted octanol–water partition coefficient (Wildman–Crippen LogP) is 3.87. The van der Waals surface area contributed by atoms with Gasteiger partial charge in [-0.2, -0.15) is 0 Å². The Morgan fingerprint density at radius 2 is 1.96 bits per heavy atom. The van der Waals surface area contributed by atoms with E-state index in [-0.39, 0.29) is 11.5 Å². The highest BCUT2D eigenvalue weighted by molar-refractivity contribution is 5.84. The molecule has 0 radical (unpaired) electrons. The summed E-state index contributed by atoms with van der Waals surface area (Å²) >= 11 is 0. The van der Waals surface area contributed by atoms with E-state index in [0.29, 0.717) is 5.91 Å². The van der Waals surface area contributed by atoms with Crippen molar-refractivity contribution in [2.24, 2.45) is 5.41 Å². The zero-order valence-electron chi connectivity index (χ0n) is 16.6. The number of aryl methyl sites for hydroxylation is 1. The van der Waals surface area contributed by atoms with Crippen LogP contribution >= 0.6 is 0 Å². The molecule has 0 N–H and O–H groups in total. The molecule has 2 aliphatic heterocycles. The molecule has 5 heteroatoms. The van der Waals surface area contributed by atoms with Gasteiger partial charge in [0.2, 0.25) is 5.91 Å². The van der Waals surface area contributed by atoms with Crippen molar-refractivity contribution in [1.82, 2.24) is 15.0 Å². The fourth-order valence-corrected chi connectivity index (χ4v) is 4.53. The summed E-state index contributed by atoms with van der Waals surface area (Å²) in [5, 5.41) is 4.24. The third-order valence-corrected chi connectivity index (χ3v) is 6.11. The summed E-state index contributed by atoms with van der Waals surface area (Å²) in [6, 6.07) is 10.6. The van der Waals surface area contributed by atoms with Crippen molar-refractivity contribution in [3.8, 4) is 11.3 Å². The van der Waals surface area contributed by atoms with Gasteiger partial charge in [0.15, 0.2) is 5.76 Å². The van der Waals surface area contributed by atoms with E-state index in [1.165, 1.54) is 5.56 Å². The summed E-state index contributed by atoms with van der Waals surface area (Å²) in [6.45, 7) is 9.70. The van der Waals surface area contributed by atoms with Gasteiger partial charge in [0.1, 0.15) is 5.69 Å². The first kappa shape index (κ1) is 18.2. The number of benzene rings is 1. The fourth-order valence-electron chi connectivity index (χ4n) is 4.53. The minimum Gasteiger partial charge on any atom is -0.359 e. The zero-order chi connectivity index (χ0) is 19.0. The van der Waals surface area contributed by atoms with Gasteiger partial charge in [0.05, 0.1) is 12.0 Å². The number of piperidine rings is 1.